The number of amides is 1. The molecule has 0 saturated heterocycles. The Morgan fingerprint density at radius 3 is 2.84 bits per heavy atom. The molecular weight excluding hydrogens is 395 g/mol. The van der Waals surface area contributed by atoms with E-state index in [0.717, 1.165) is 19.8 Å². The summed E-state index contributed by atoms with van der Waals surface area (Å²) in [5.74, 6) is -0.0630. The number of thiophene rings is 1. The molecule has 0 spiro atoms. The third-order valence-electron chi connectivity index (χ3n) is 2.43. The Balaban J connectivity index is 2.06. The molecule has 100 valence electrons. The third-order valence-corrected chi connectivity index (χ3v) is 4.33. The number of halogens is 2. The van der Waals surface area contributed by atoms with Crippen molar-refractivity contribution in [3.63, 3.8) is 0 Å². The van der Waals surface area contributed by atoms with Crippen molar-refractivity contribution in [1.29, 1.82) is 0 Å². The number of hydrogen-bond donors (Lipinski definition) is 2. The molecule has 6 heteroatoms. The maximum atomic E-state index is 11.1. The Morgan fingerprint density at radius 2 is 2.16 bits per heavy atom. The zero-order valence-corrected chi connectivity index (χ0v) is 13.9. The van der Waals surface area contributed by atoms with E-state index in [1.54, 1.807) is 11.3 Å². The van der Waals surface area contributed by atoms with E-state index in [-0.39, 0.29) is 5.91 Å². The number of anilines is 2. The van der Waals surface area contributed by atoms with Crippen molar-refractivity contribution in [3.8, 4) is 0 Å². The third kappa shape index (κ3) is 4.09. The molecular formula is C13H12ClIN2OS. The van der Waals surface area contributed by atoms with Gasteiger partial charge in [-0.25, -0.2) is 0 Å². The lowest BCUT2D eigenvalue weighted by Gasteiger charge is -2.09. The lowest BCUT2D eigenvalue weighted by atomic mass is 10.3. The second-order valence-corrected chi connectivity index (χ2v) is 6.57. The minimum Gasteiger partial charge on any atom is -0.379 e. The highest BCUT2D eigenvalue weighted by atomic mass is 127. The van der Waals surface area contributed by atoms with E-state index in [0.29, 0.717) is 11.6 Å². The summed E-state index contributed by atoms with van der Waals surface area (Å²) in [6, 6.07) is 7.76. The number of benzene rings is 1. The van der Waals surface area contributed by atoms with Gasteiger partial charge in [0.1, 0.15) is 0 Å². The van der Waals surface area contributed by atoms with E-state index in [9.17, 15) is 4.79 Å². The van der Waals surface area contributed by atoms with Crippen LogP contribution in [0, 0.1) is 3.57 Å². The molecule has 19 heavy (non-hydrogen) atoms. The van der Waals surface area contributed by atoms with Crippen LogP contribution in [0.5, 0.6) is 0 Å². The lowest BCUT2D eigenvalue weighted by Crippen LogP contribution is -2.08. The Bertz CT molecular complexity index is 600. The normalized spacial score (nSPS) is 10.3. The smallest absolute Gasteiger partial charge is 0.221 e. The van der Waals surface area contributed by atoms with Gasteiger partial charge in [0, 0.05) is 15.4 Å². The van der Waals surface area contributed by atoms with Crippen LogP contribution in [-0.4, -0.2) is 5.91 Å². The van der Waals surface area contributed by atoms with Gasteiger partial charge < -0.3 is 10.6 Å². The molecule has 0 fully saturated rings. The Kier molecular flexibility index (Phi) is 5.06. The van der Waals surface area contributed by atoms with Crippen molar-refractivity contribution in [2.45, 2.75) is 13.5 Å². The highest BCUT2D eigenvalue weighted by Crippen LogP contribution is 2.27. The molecule has 0 atom stereocenters. The Hall–Kier alpha value is -0.790. The van der Waals surface area contributed by atoms with Crippen LogP contribution in [0.15, 0.2) is 29.6 Å². The van der Waals surface area contributed by atoms with Crippen LogP contribution >= 0.6 is 45.5 Å². The van der Waals surface area contributed by atoms with Crippen LogP contribution in [0.1, 0.15) is 11.8 Å². The van der Waals surface area contributed by atoms with Crippen molar-refractivity contribution in [2.24, 2.45) is 0 Å². The molecule has 1 amide bonds. The molecule has 0 bridgehead atoms. The molecule has 0 aliphatic rings. The first-order valence-electron chi connectivity index (χ1n) is 5.59. The van der Waals surface area contributed by atoms with Gasteiger partial charge >= 0.3 is 0 Å². The van der Waals surface area contributed by atoms with E-state index < -0.39 is 0 Å². The van der Waals surface area contributed by atoms with Gasteiger partial charge in [-0.15, -0.1) is 11.3 Å². The van der Waals surface area contributed by atoms with E-state index in [1.165, 1.54) is 6.92 Å². The monoisotopic (exact) mass is 406 g/mol. The predicted octanol–water partition coefficient (Wildman–Crippen LogP) is 4.58. The zero-order valence-electron chi connectivity index (χ0n) is 10.2. The van der Waals surface area contributed by atoms with E-state index in [4.69, 9.17) is 11.6 Å². The van der Waals surface area contributed by atoms with Crippen LogP contribution in [0.25, 0.3) is 0 Å². The minimum absolute atomic E-state index is 0.0630. The molecule has 0 unspecified atom stereocenters. The number of carbonyl (C=O) groups excluding carboxylic acids is 1. The highest BCUT2D eigenvalue weighted by Gasteiger charge is 2.07. The van der Waals surface area contributed by atoms with Gasteiger partial charge in [0.2, 0.25) is 5.91 Å². The lowest BCUT2D eigenvalue weighted by molar-refractivity contribution is -0.114. The fraction of sp³-hybridized carbons (Fsp3) is 0.154. The predicted molar refractivity (Wildman–Crippen MR) is 90.1 cm³/mol. The summed E-state index contributed by atoms with van der Waals surface area (Å²) >= 11 is 9.98. The number of rotatable bonds is 4. The van der Waals surface area contributed by atoms with Gasteiger partial charge in [0.15, 0.2) is 0 Å². The molecule has 0 aliphatic carbocycles. The molecule has 1 aromatic carbocycles. The summed E-state index contributed by atoms with van der Waals surface area (Å²) in [5, 5.41) is 8.75. The summed E-state index contributed by atoms with van der Waals surface area (Å²) in [5.41, 5.74) is 1.75. The average molecular weight is 407 g/mol. The molecule has 1 heterocycles. The van der Waals surface area contributed by atoms with Crippen LogP contribution in [0.3, 0.4) is 0 Å². The van der Waals surface area contributed by atoms with Crippen molar-refractivity contribution >= 4 is 62.8 Å². The first-order chi connectivity index (χ1) is 9.06. The molecule has 2 rings (SSSR count). The SMILES string of the molecule is CC(=O)Nc1ccsc1CNc1ccc(I)cc1Cl. The minimum atomic E-state index is -0.0630. The number of carbonyl (C=O) groups is 1. The van der Waals surface area contributed by atoms with Gasteiger partial charge in [-0.1, -0.05) is 11.6 Å². The molecule has 3 nitrogen and oxygen atoms in total. The summed E-state index contributed by atoms with van der Waals surface area (Å²) < 4.78 is 1.10. The zero-order chi connectivity index (χ0) is 13.8. The van der Waals surface area contributed by atoms with Crippen molar-refractivity contribution in [2.75, 3.05) is 10.6 Å². The fourth-order valence-corrected chi connectivity index (χ4v) is 3.28. The number of hydrogen-bond acceptors (Lipinski definition) is 3. The van der Waals surface area contributed by atoms with Crippen molar-refractivity contribution in [1.82, 2.24) is 0 Å². The molecule has 0 aliphatic heterocycles. The first kappa shape index (κ1) is 14.6. The topological polar surface area (TPSA) is 41.1 Å². The van der Waals surface area contributed by atoms with Crippen molar-refractivity contribution < 1.29 is 4.79 Å². The molecule has 2 N–H and O–H groups in total. The number of nitrogens with one attached hydrogen (secondary N) is 2. The van der Waals surface area contributed by atoms with E-state index in [2.05, 4.69) is 33.2 Å². The van der Waals surface area contributed by atoms with Gasteiger partial charge in [0.25, 0.3) is 0 Å². The van der Waals surface area contributed by atoms with Crippen LogP contribution in [-0.2, 0) is 11.3 Å². The van der Waals surface area contributed by atoms with Crippen LogP contribution < -0.4 is 10.6 Å². The highest BCUT2D eigenvalue weighted by molar-refractivity contribution is 14.1. The summed E-state index contributed by atoms with van der Waals surface area (Å²) in [4.78, 5) is 12.2. The van der Waals surface area contributed by atoms with Gasteiger partial charge in [-0.2, -0.15) is 0 Å². The van der Waals surface area contributed by atoms with Crippen LogP contribution in [0.2, 0.25) is 5.02 Å². The molecule has 1 aromatic heterocycles. The van der Waals surface area contributed by atoms with E-state index >= 15 is 0 Å². The quantitative estimate of drug-likeness (QED) is 0.730. The Labute approximate surface area is 134 Å². The maximum absolute atomic E-state index is 11.1. The van der Waals surface area contributed by atoms with Gasteiger partial charge in [-0.05, 0) is 52.2 Å². The first-order valence-corrected chi connectivity index (χ1v) is 7.93. The fourth-order valence-electron chi connectivity index (χ4n) is 1.59. The molecule has 0 saturated carbocycles. The van der Waals surface area contributed by atoms with Crippen LogP contribution in [0.4, 0.5) is 11.4 Å². The second-order valence-electron chi connectivity index (χ2n) is 3.92. The molecule has 2 aromatic rings. The summed E-state index contributed by atoms with van der Waals surface area (Å²) in [6.45, 7) is 2.14. The average Bonchev–Trinajstić information content (AvgIpc) is 2.74. The largest absolute Gasteiger partial charge is 0.379 e. The van der Waals surface area contributed by atoms with E-state index in [1.807, 2.05) is 29.6 Å². The Morgan fingerprint density at radius 1 is 1.37 bits per heavy atom. The van der Waals surface area contributed by atoms with Crippen molar-refractivity contribution in [3.05, 3.63) is 43.1 Å². The van der Waals surface area contributed by atoms with Gasteiger partial charge in [-0.3, -0.25) is 4.79 Å². The molecule has 0 radical (unpaired) electrons. The second kappa shape index (κ2) is 6.58. The summed E-state index contributed by atoms with van der Waals surface area (Å²) in [6.07, 6.45) is 0. The maximum Gasteiger partial charge on any atom is 0.221 e. The summed E-state index contributed by atoms with van der Waals surface area (Å²) in [7, 11) is 0. The van der Waals surface area contributed by atoms with Gasteiger partial charge in [0.05, 0.1) is 22.9 Å². The standard InChI is InChI=1S/C13H12ClIN2OS/c1-8(18)17-12-4-5-19-13(12)7-16-11-3-2-9(15)6-10(11)14/h2-6,16H,7H2,1H3,(H,17,18).